The first kappa shape index (κ1) is 16.0. The number of thiophene rings is 1. The topological polar surface area (TPSA) is 50.5 Å². The van der Waals surface area contributed by atoms with Crippen LogP contribution in [-0.2, 0) is 11.2 Å². The van der Waals surface area contributed by atoms with Gasteiger partial charge in [-0.2, -0.15) is 0 Å². The maximum absolute atomic E-state index is 12.8. The molecule has 23 heavy (non-hydrogen) atoms. The van der Waals surface area contributed by atoms with Crippen molar-refractivity contribution in [1.29, 1.82) is 0 Å². The number of rotatable bonds is 4. The molecule has 0 radical (unpaired) electrons. The molecule has 0 bridgehead atoms. The fraction of sp³-hybridized carbons (Fsp3) is 0.444. The highest BCUT2D eigenvalue weighted by Gasteiger charge is 2.28. The van der Waals surface area contributed by atoms with Gasteiger partial charge in [-0.25, -0.2) is 0 Å². The van der Waals surface area contributed by atoms with Crippen LogP contribution in [0.4, 0.5) is 0 Å². The number of carbonyl (C=O) groups is 2. The van der Waals surface area contributed by atoms with Crippen molar-refractivity contribution in [3.05, 3.63) is 46.0 Å². The minimum absolute atomic E-state index is 0.0333. The van der Waals surface area contributed by atoms with Crippen LogP contribution < -0.4 is 0 Å². The molecule has 0 spiro atoms. The number of ketones is 1. The zero-order valence-corrected chi connectivity index (χ0v) is 14.1. The summed E-state index contributed by atoms with van der Waals surface area (Å²) >= 11 is 1.41. The number of nitrogens with zero attached hydrogens (tertiary/aromatic N) is 1. The van der Waals surface area contributed by atoms with Crippen molar-refractivity contribution in [3.8, 4) is 0 Å². The summed E-state index contributed by atoms with van der Waals surface area (Å²) < 4.78 is 5.56. The van der Waals surface area contributed by atoms with Crippen molar-refractivity contribution in [3.63, 3.8) is 0 Å². The van der Waals surface area contributed by atoms with E-state index in [0.29, 0.717) is 11.3 Å². The number of hydrogen-bond donors (Lipinski definition) is 0. The smallest absolute Gasteiger partial charge is 0.227 e. The fourth-order valence-corrected chi connectivity index (χ4v) is 3.93. The molecule has 3 heterocycles. The summed E-state index contributed by atoms with van der Waals surface area (Å²) in [6.07, 6.45) is 6.25. The molecule has 122 valence electrons. The van der Waals surface area contributed by atoms with Gasteiger partial charge in [-0.05, 0) is 48.9 Å². The highest BCUT2D eigenvalue weighted by Crippen LogP contribution is 2.31. The van der Waals surface area contributed by atoms with Gasteiger partial charge in [0.1, 0.15) is 5.76 Å². The van der Waals surface area contributed by atoms with Crippen molar-refractivity contribution in [2.45, 2.75) is 45.1 Å². The molecule has 1 saturated heterocycles. The van der Waals surface area contributed by atoms with E-state index < -0.39 is 0 Å². The van der Waals surface area contributed by atoms with E-state index in [-0.39, 0.29) is 17.7 Å². The molecule has 1 amide bonds. The quantitative estimate of drug-likeness (QED) is 0.788. The van der Waals surface area contributed by atoms with Crippen LogP contribution in [-0.4, -0.2) is 23.1 Å². The number of Topliss-reactive ketones (excluding diaryl/α,β-unsaturated/α-hetero) is 1. The molecule has 1 fully saturated rings. The van der Waals surface area contributed by atoms with Crippen LogP contribution >= 0.6 is 11.3 Å². The summed E-state index contributed by atoms with van der Waals surface area (Å²) in [6, 6.07) is 5.70. The molecule has 1 atom stereocenters. The van der Waals surface area contributed by atoms with Gasteiger partial charge in [0.05, 0.1) is 23.6 Å². The largest absolute Gasteiger partial charge is 0.467 e. The minimum atomic E-state index is 0.0333. The summed E-state index contributed by atoms with van der Waals surface area (Å²) in [4.78, 5) is 26.9. The standard InChI is InChI=1S/C18H21NO3S/c1-13(20)17-10-14(12-23-17)11-18(21)19-8-4-2-3-6-15(19)16-7-5-9-22-16/h5,7,9-10,12,15H,2-4,6,8,11H2,1H3/t15-/m1/s1. The Morgan fingerprint density at radius 1 is 1.35 bits per heavy atom. The second-order valence-corrected chi connectivity index (χ2v) is 6.93. The molecule has 0 aliphatic carbocycles. The van der Waals surface area contributed by atoms with Crippen molar-refractivity contribution >= 4 is 23.0 Å². The lowest BCUT2D eigenvalue weighted by molar-refractivity contribution is -0.133. The Kier molecular flexibility index (Phi) is 4.96. The van der Waals surface area contributed by atoms with Gasteiger partial charge >= 0.3 is 0 Å². The molecule has 3 rings (SSSR count). The maximum Gasteiger partial charge on any atom is 0.227 e. The first-order valence-electron chi connectivity index (χ1n) is 8.06. The van der Waals surface area contributed by atoms with Crippen LogP contribution in [0.2, 0.25) is 0 Å². The predicted molar refractivity (Wildman–Crippen MR) is 89.7 cm³/mol. The first-order valence-corrected chi connectivity index (χ1v) is 8.94. The zero-order valence-electron chi connectivity index (χ0n) is 13.3. The zero-order chi connectivity index (χ0) is 16.2. The van der Waals surface area contributed by atoms with Crippen LogP contribution in [0.1, 0.15) is 59.6 Å². The van der Waals surface area contributed by atoms with E-state index in [0.717, 1.165) is 43.6 Å². The van der Waals surface area contributed by atoms with E-state index >= 15 is 0 Å². The lowest BCUT2D eigenvalue weighted by atomic mass is 10.1. The van der Waals surface area contributed by atoms with Crippen molar-refractivity contribution in [2.24, 2.45) is 0 Å². The van der Waals surface area contributed by atoms with Crippen molar-refractivity contribution in [2.75, 3.05) is 6.54 Å². The highest BCUT2D eigenvalue weighted by atomic mass is 32.1. The molecule has 2 aromatic heterocycles. The fourth-order valence-electron chi connectivity index (χ4n) is 3.11. The SMILES string of the molecule is CC(=O)c1cc(CC(=O)N2CCCCC[C@@H]2c2ccco2)cs1. The molecule has 0 aromatic carbocycles. The highest BCUT2D eigenvalue weighted by molar-refractivity contribution is 7.12. The number of amides is 1. The van der Waals surface area contributed by atoms with Crippen LogP contribution in [0.15, 0.2) is 34.3 Å². The van der Waals surface area contributed by atoms with Crippen LogP contribution in [0.3, 0.4) is 0 Å². The van der Waals surface area contributed by atoms with Gasteiger partial charge < -0.3 is 9.32 Å². The third-order valence-corrected chi connectivity index (χ3v) is 5.38. The van der Waals surface area contributed by atoms with Crippen LogP contribution in [0, 0.1) is 0 Å². The molecule has 4 nitrogen and oxygen atoms in total. The lowest BCUT2D eigenvalue weighted by Gasteiger charge is -2.28. The van der Waals surface area contributed by atoms with E-state index in [1.54, 1.807) is 13.2 Å². The Hall–Kier alpha value is -1.88. The number of furan rings is 1. The number of carbonyl (C=O) groups excluding carboxylic acids is 2. The third kappa shape index (κ3) is 3.72. The lowest BCUT2D eigenvalue weighted by Crippen LogP contribution is -2.35. The van der Waals surface area contributed by atoms with Gasteiger partial charge in [-0.1, -0.05) is 12.8 Å². The van der Waals surface area contributed by atoms with E-state index in [9.17, 15) is 9.59 Å². The van der Waals surface area contributed by atoms with Crippen LogP contribution in [0.5, 0.6) is 0 Å². The molecule has 0 unspecified atom stereocenters. The summed E-state index contributed by atoms with van der Waals surface area (Å²) in [7, 11) is 0. The molecule has 1 aliphatic rings. The molecule has 0 N–H and O–H groups in total. The van der Waals surface area contributed by atoms with Gasteiger partial charge in [-0.15, -0.1) is 11.3 Å². The summed E-state index contributed by atoms with van der Waals surface area (Å²) in [6.45, 7) is 2.33. The van der Waals surface area contributed by atoms with Crippen molar-refractivity contribution < 1.29 is 14.0 Å². The van der Waals surface area contributed by atoms with Gasteiger partial charge in [0.25, 0.3) is 0 Å². The molecule has 0 saturated carbocycles. The van der Waals surface area contributed by atoms with Gasteiger partial charge in [-0.3, -0.25) is 9.59 Å². The third-order valence-electron chi connectivity index (χ3n) is 4.30. The Balaban J connectivity index is 1.75. The van der Waals surface area contributed by atoms with E-state index in [1.165, 1.54) is 11.3 Å². The van der Waals surface area contributed by atoms with Crippen molar-refractivity contribution in [1.82, 2.24) is 4.90 Å². The van der Waals surface area contributed by atoms with E-state index in [1.807, 2.05) is 28.5 Å². The van der Waals surface area contributed by atoms with E-state index in [4.69, 9.17) is 4.42 Å². The molecular formula is C18H21NO3S. The average Bonchev–Trinajstić information content (AvgIpc) is 3.15. The van der Waals surface area contributed by atoms with E-state index in [2.05, 4.69) is 0 Å². The predicted octanol–water partition coefficient (Wildman–Crippen LogP) is 4.23. The Labute approximate surface area is 140 Å². The summed E-state index contributed by atoms with van der Waals surface area (Å²) in [5, 5.41) is 1.91. The summed E-state index contributed by atoms with van der Waals surface area (Å²) in [5.74, 6) is 1.04. The molecular weight excluding hydrogens is 310 g/mol. The Morgan fingerprint density at radius 3 is 2.91 bits per heavy atom. The second kappa shape index (κ2) is 7.13. The summed E-state index contributed by atoms with van der Waals surface area (Å²) in [5.41, 5.74) is 0.924. The normalized spacial score (nSPS) is 18.7. The number of likely N-dealkylation sites (tertiary alicyclic amines) is 1. The second-order valence-electron chi connectivity index (χ2n) is 6.02. The van der Waals surface area contributed by atoms with Gasteiger partial charge in [0, 0.05) is 6.54 Å². The Bertz CT molecular complexity index is 674. The molecule has 5 heteroatoms. The first-order chi connectivity index (χ1) is 11.1. The van der Waals surface area contributed by atoms with Crippen LogP contribution in [0.25, 0.3) is 0 Å². The van der Waals surface area contributed by atoms with Gasteiger partial charge in [0.15, 0.2) is 5.78 Å². The minimum Gasteiger partial charge on any atom is -0.467 e. The van der Waals surface area contributed by atoms with Gasteiger partial charge in [0.2, 0.25) is 5.91 Å². The molecule has 2 aromatic rings. The monoisotopic (exact) mass is 331 g/mol. The number of hydrogen-bond acceptors (Lipinski definition) is 4. The maximum atomic E-state index is 12.8. The average molecular weight is 331 g/mol. The molecule has 1 aliphatic heterocycles. The Morgan fingerprint density at radius 2 is 2.22 bits per heavy atom.